The van der Waals surface area contributed by atoms with Gasteiger partial charge in [-0.2, -0.15) is 0 Å². The molecule has 0 radical (unpaired) electrons. The highest BCUT2D eigenvalue weighted by molar-refractivity contribution is 5.83. The first kappa shape index (κ1) is 23.0. The van der Waals surface area contributed by atoms with E-state index < -0.39 is 0 Å². The molecule has 0 saturated carbocycles. The molecule has 180 valence electrons. The van der Waals surface area contributed by atoms with Gasteiger partial charge in [0.05, 0.1) is 0 Å². The van der Waals surface area contributed by atoms with Gasteiger partial charge in [-0.25, -0.2) is 15.0 Å². The van der Waals surface area contributed by atoms with Crippen LogP contribution in [-0.2, 0) is 15.9 Å². The van der Waals surface area contributed by atoms with Crippen molar-refractivity contribution < 1.29 is 9.47 Å². The number of imidazole rings is 1. The van der Waals surface area contributed by atoms with Crippen LogP contribution < -0.4 is 11.1 Å². The number of nitrogens with zero attached hydrogens (tertiary/aromatic N) is 4. The smallest absolute Gasteiger partial charge is 0.181 e. The maximum atomic E-state index is 6.06. The lowest BCUT2D eigenvalue weighted by molar-refractivity contribution is 0.0563. The van der Waals surface area contributed by atoms with Crippen molar-refractivity contribution >= 4 is 17.0 Å². The number of aromatic nitrogens is 4. The molecule has 0 unspecified atom stereocenters. The molecular weight excluding hydrogens is 440 g/mol. The van der Waals surface area contributed by atoms with E-state index >= 15 is 0 Å². The van der Waals surface area contributed by atoms with Gasteiger partial charge in [-0.15, -0.1) is 0 Å². The van der Waals surface area contributed by atoms with E-state index in [1.807, 2.05) is 22.8 Å². The zero-order valence-corrected chi connectivity index (χ0v) is 19.8. The first-order chi connectivity index (χ1) is 17.3. The van der Waals surface area contributed by atoms with E-state index in [1.165, 1.54) is 11.1 Å². The van der Waals surface area contributed by atoms with Gasteiger partial charge in [0.15, 0.2) is 23.2 Å². The largest absolute Gasteiger partial charge is 0.472 e. The van der Waals surface area contributed by atoms with Crippen molar-refractivity contribution in [2.45, 2.75) is 25.0 Å². The van der Waals surface area contributed by atoms with E-state index in [0.717, 1.165) is 23.3 Å². The summed E-state index contributed by atoms with van der Waals surface area (Å²) in [5, 5.41) is 3.57. The van der Waals surface area contributed by atoms with Gasteiger partial charge in [0.2, 0.25) is 0 Å². The topological polar surface area (TPSA) is 100 Å². The van der Waals surface area contributed by atoms with Crippen molar-refractivity contribution in [3.8, 4) is 0 Å². The van der Waals surface area contributed by atoms with E-state index in [9.17, 15) is 0 Å². The van der Waals surface area contributed by atoms with Gasteiger partial charge in [-0.3, -0.25) is 4.57 Å². The van der Waals surface area contributed by atoms with Gasteiger partial charge >= 0.3 is 0 Å². The number of hydrogen-bond acceptors (Lipinski definition) is 7. The zero-order valence-electron chi connectivity index (χ0n) is 19.8. The monoisotopic (exact) mass is 470 g/mol. The summed E-state index contributed by atoms with van der Waals surface area (Å²) in [6, 6.07) is 21.0. The summed E-state index contributed by atoms with van der Waals surface area (Å²) in [5.74, 6) is 2.37. The minimum Gasteiger partial charge on any atom is -0.472 e. The molecule has 8 nitrogen and oxygen atoms in total. The molecule has 0 spiro atoms. The molecule has 0 fully saturated rings. The Morgan fingerprint density at radius 2 is 1.80 bits per heavy atom. The third-order valence-electron chi connectivity index (χ3n) is 6.14. The maximum Gasteiger partial charge on any atom is 0.181 e. The van der Waals surface area contributed by atoms with Gasteiger partial charge in [0.1, 0.15) is 24.5 Å². The molecule has 2 aromatic heterocycles. The Morgan fingerprint density at radius 3 is 2.46 bits per heavy atom. The maximum absolute atomic E-state index is 6.06. The molecule has 1 aliphatic rings. The van der Waals surface area contributed by atoms with Crippen molar-refractivity contribution in [3.05, 3.63) is 95.8 Å². The van der Waals surface area contributed by atoms with Crippen molar-refractivity contribution in [1.82, 2.24) is 19.5 Å². The van der Waals surface area contributed by atoms with Gasteiger partial charge in [-0.1, -0.05) is 60.7 Å². The van der Waals surface area contributed by atoms with Crippen LogP contribution in [0.5, 0.6) is 0 Å². The average molecular weight is 471 g/mol. The van der Waals surface area contributed by atoms with Crippen LogP contribution in [0.25, 0.3) is 11.2 Å². The van der Waals surface area contributed by atoms with Crippen LogP contribution in [0, 0.1) is 0 Å². The highest BCUT2D eigenvalue weighted by Crippen LogP contribution is 2.31. The normalized spacial score (nSPS) is 15.4. The number of anilines is 1. The van der Waals surface area contributed by atoms with Crippen molar-refractivity contribution in [2.75, 3.05) is 32.1 Å². The molecule has 0 bridgehead atoms. The Hall–Kier alpha value is -3.75. The number of nitrogens with one attached hydrogen (secondary N) is 1. The Balaban J connectivity index is 1.46. The first-order valence-electron chi connectivity index (χ1n) is 11.9. The van der Waals surface area contributed by atoms with Crippen LogP contribution in [0.1, 0.15) is 35.5 Å². The summed E-state index contributed by atoms with van der Waals surface area (Å²) >= 11 is 0. The van der Waals surface area contributed by atoms with Gasteiger partial charge in [-0.05, 0) is 23.7 Å². The highest BCUT2D eigenvalue weighted by atomic mass is 16.5. The third kappa shape index (κ3) is 5.03. The fourth-order valence-corrected chi connectivity index (χ4v) is 4.44. The SMILES string of the molecule is COCC1=CC[C@H](n2cnc3c(NCC(c4ccccc4)c4ccccc4)nc(CCN)nc32)O1. The number of nitrogens with two attached hydrogens (primary N) is 1. The average Bonchev–Trinajstić information content (AvgIpc) is 3.53. The van der Waals surface area contributed by atoms with Crippen molar-refractivity contribution in [1.29, 1.82) is 0 Å². The Bertz CT molecular complexity index is 1250. The first-order valence-corrected chi connectivity index (χ1v) is 11.9. The fraction of sp³-hybridized carbons (Fsp3) is 0.296. The predicted octanol–water partition coefficient (Wildman–Crippen LogP) is 4.02. The highest BCUT2D eigenvalue weighted by Gasteiger charge is 2.24. The van der Waals surface area contributed by atoms with Crippen molar-refractivity contribution in [2.24, 2.45) is 5.73 Å². The summed E-state index contributed by atoms with van der Waals surface area (Å²) in [7, 11) is 1.66. The molecule has 4 aromatic rings. The van der Waals surface area contributed by atoms with Crippen LogP contribution >= 0.6 is 0 Å². The third-order valence-corrected chi connectivity index (χ3v) is 6.14. The van der Waals surface area contributed by atoms with E-state index in [2.05, 4.69) is 58.8 Å². The molecule has 0 aliphatic carbocycles. The second kappa shape index (κ2) is 10.7. The second-order valence-electron chi connectivity index (χ2n) is 8.52. The minimum atomic E-state index is -0.208. The van der Waals surface area contributed by atoms with Gasteiger partial charge < -0.3 is 20.5 Å². The van der Waals surface area contributed by atoms with Gasteiger partial charge in [0, 0.05) is 32.4 Å². The summed E-state index contributed by atoms with van der Waals surface area (Å²) in [5.41, 5.74) is 9.77. The summed E-state index contributed by atoms with van der Waals surface area (Å²) < 4.78 is 13.2. The number of rotatable bonds is 10. The Labute approximate surface area is 204 Å². The molecular formula is C27H30N6O2. The second-order valence-corrected chi connectivity index (χ2v) is 8.52. The van der Waals surface area contributed by atoms with E-state index in [0.29, 0.717) is 37.8 Å². The van der Waals surface area contributed by atoms with E-state index in [1.54, 1.807) is 13.4 Å². The summed E-state index contributed by atoms with van der Waals surface area (Å²) in [6.07, 6.45) is 4.92. The van der Waals surface area contributed by atoms with Crippen LogP contribution in [0.15, 0.2) is 78.8 Å². The molecule has 8 heteroatoms. The predicted molar refractivity (Wildman–Crippen MR) is 136 cm³/mol. The number of fused-ring (bicyclic) bond motifs is 1. The number of ether oxygens (including phenoxy) is 2. The number of methoxy groups -OCH3 is 1. The van der Waals surface area contributed by atoms with Gasteiger partial charge in [0.25, 0.3) is 0 Å². The molecule has 0 amide bonds. The fourth-order valence-electron chi connectivity index (χ4n) is 4.44. The standard InChI is InChI=1S/C27H30N6O2/c1-34-17-21-12-13-24(35-21)33-18-30-25-26(31-23(14-15-28)32-27(25)33)29-16-22(19-8-4-2-5-9-19)20-10-6-3-7-11-20/h2-12,18,22,24H,13-17,28H2,1H3,(H,29,31,32)/t24-/m1/s1. The molecule has 3 N–H and O–H groups in total. The Kier molecular flexibility index (Phi) is 7.02. The molecule has 2 aromatic carbocycles. The van der Waals surface area contributed by atoms with Crippen LogP contribution in [0.3, 0.4) is 0 Å². The van der Waals surface area contributed by atoms with Crippen LogP contribution in [0.2, 0.25) is 0 Å². The number of hydrogen-bond donors (Lipinski definition) is 2. The minimum absolute atomic E-state index is 0.154. The summed E-state index contributed by atoms with van der Waals surface area (Å²) in [6.45, 7) is 1.58. The lowest BCUT2D eigenvalue weighted by Crippen LogP contribution is -2.17. The zero-order chi connectivity index (χ0) is 24.0. The van der Waals surface area contributed by atoms with E-state index in [4.69, 9.17) is 25.2 Å². The molecule has 1 atom stereocenters. The molecule has 0 saturated heterocycles. The quantitative estimate of drug-likeness (QED) is 0.361. The van der Waals surface area contributed by atoms with Crippen molar-refractivity contribution in [3.63, 3.8) is 0 Å². The number of benzene rings is 2. The van der Waals surface area contributed by atoms with Crippen LogP contribution in [-0.4, -0.2) is 46.3 Å². The van der Waals surface area contributed by atoms with E-state index in [-0.39, 0.29) is 12.1 Å². The molecule has 3 heterocycles. The lowest BCUT2D eigenvalue weighted by Gasteiger charge is -2.20. The molecule has 1 aliphatic heterocycles. The van der Waals surface area contributed by atoms with Crippen LogP contribution in [0.4, 0.5) is 5.82 Å². The molecule has 35 heavy (non-hydrogen) atoms. The summed E-state index contributed by atoms with van der Waals surface area (Å²) in [4.78, 5) is 14.2. The lowest BCUT2D eigenvalue weighted by atomic mass is 9.91. The Morgan fingerprint density at radius 1 is 1.09 bits per heavy atom. The molecule has 5 rings (SSSR count).